The maximum Gasteiger partial charge on any atom is 0.0364 e. The lowest BCUT2D eigenvalue weighted by Crippen LogP contribution is -2.34. The molecule has 1 aliphatic rings. The number of rotatable bonds is 5. The van der Waals surface area contributed by atoms with Gasteiger partial charge in [0.2, 0.25) is 0 Å². The number of thiophene rings is 1. The average Bonchev–Trinajstić information content (AvgIpc) is 2.87. The van der Waals surface area contributed by atoms with Gasteiger partial charge in [0.05, 0.1) is 0 Å². The van der Waals surface area contributed by atoms with Crippen LogP contribution in [0, 0.1) is 18.3 Å². The Bertz CT molecular complexity index is 380. The van der Waals surface area contributed by atoms with E-state index in [1.807, 2.05) is 11.3 Å². The van der Waals surface area contributed by atoms with Crippen molar-refractivity contribution >= 4 is 11.3 Å². The van der Waals surface area contributed by atoms with Crippen LogP contribution in [0.1, 0.15) is 62.9 Å². The Morgan fingerprint density at radius 1 is 1.50 bits per heavy atom. The van der Waals surface area contributed by atoms with Crippen LogP contribution in [-0.4, -0.2) is 6.54 Å². The molecule has 2 atom stereocenters. The molecule has 1 aromatic rings. The van der Waals surface area contributed by atoms with Crippen molar-refractivity contribution in [1.29, 1.82) is 0 Å². The van der Waals surface area contributed by atoms with E-state index in [-0.39, 0.29) is 0 Å². The summed E-state index contributed by atoms with van der Waals surface area (Å²) in [5, 5.41) is 6.06. The van der Waals surface area contributed by atoms with Gasteiger partial charge in [-0.15, -0.1) is 11.3 Å². The summed E-state index contributed by atoms with van der Waals surface area (Å²) in [6, 6.07) is 2.90. The molecule has 0 saturated heterocycles. The van der Waals surface area contributed by atoms with Crippen LogP contribution in [0.25, 0.3) is 0 Å². The summed E-state index contributed by atoms with van der Waals surface area (Å²) < 4.78 is 0. The third-order valence-electron chi connectivity index (χ3n) is 4.59. The molecule has 0 aromatic carbocycles. The predicted octanol–water partition coefficient (Wildman–Crippen LogP) is 4.92. The first kappa shape index (κ1) is 14.1. The topological polar surface area (TPSA) is 12.0 Å². The van der Waals surface area contributed by atoms with Crippen LogP contribution < -0.4 is 5.32 Å². The van der Waals surface area contributed by atoms with E-state index in [4.69, 9.17) is 0 Å². The summed E-state index contributed by atoms with van der Waals surface area (Å²) in [4.78, 5) is 1.49. The van der Waals surface area contributed by atoms with Crippen molar-refractivity contribution < 1.29 is 0 Å². The molecule has 0 radical (unpaired) electrons. The fourth-order valence-electron chi connectivity index (χ4n) is 3.46. The molecule has 1 aliphatic carbocycles. The zero-order valence-electron chi connectivity index (χ0n) is 12.3. The van der Waals surface area contributed by atoms with Crippen LogP contribution in [0.4, 0.5) is 0 Å². The molecule has 2 unspecified atom stereocenters. The van der Waals surface area contributed by atoms with E-state index in [0.717, 1.165) is 12.5 Å². The van der Waals surface area contributed by atoms with Crippen LogP contribution in [0.15, 0.2) is 11.4 Å². The largest absolute Gasteiger partial charge is 0.310 e. The van der Waals surface area contributed by atoms with E-state index in [9.17, 15) is 0 Å². The van der Waals surface area contributed by atoms with E-state index in [1.165, 1.54) is 30.6 Å². The van der Waals surface area contributed by atoms with Gasteiger partial charge in [0.15, 0.2) is 0 Å². The van der Waals surface area contributed by atoms with Crippen molar-refractivity contribution in [2.45, 2.75) is 59.4 Å². The van der Waals surface area contributed by atoms with Gasteiger partial charge in [-0.25, -0.2) is 0 Å². The standard InChI is InChI=1S/C16H27NS/c1-5-10-17-15(13-8-11-18-12(13)2)14-7-6-9-16(14,3)4/h8,11,14-15,17H,5-7,9-10H2,1-4H3. The Hall–Kier alpha value is -0.340. The van der Waals surface area contributed by atoms with E-state index < -0.39 is 0 Å². The summed E-state index contributed by atoms with van der Waals surface area (Å²) >= 11 is 1.89. The molecule has 18 heavy (non-hydrogen) atoms. The van der Waals surface area contributed by atoms with E-state index in [0.29, 0.717) is 11.5 Å². The lowest BCUT2D eigenvalue weighted by molar-refractivity contribution is 0.197. The highest BCUT2D eigenvalue weighted by atomic mass is 32.1. The van der Waals surface area contributed by atoms with E-state index in [1.54, 1.807) is 5.56 Å². The molecule has 1 aromatic heterocycles. The minimum atomic E-state index is 0.486. The lowest BCUT2D eigenvalue weighted by atomic mass is 9.75. The molecule has 102 valence electrons. The quantitative estimate of drug-likeness (QED) is 0.796. The molecule has 0 aliphatic heterocycles. The highest BCUT2D eigenvalue weighted by Gasteiger charge is 2.40. The monoisotopic (exact) mass is 265 g/mol. The SMILES string of the molecule is CCCNC(c1ccsc1C)C1CCCC1(C)C. The lowest BCUT2D eigenvalue weighted by Gasteiger charge is -2.35. The molecular formula is C16H27NS. The highest BCUT2D eigenvalue weighted by molar-refractivity contribution is 7.10. The van der Waals surface area contributed by atoms with E-state index >= 15 is 0 Å². The molecule has 0 bridgehead atoms. The maximum absolute atomic E-state index is 3.82. The minimum absolute atomic E-state index is 0.486. The Kier molecular flexibility index (Phi) is 4.50. The first-order chi connectivity index (χ1) is 8.56. The molecule has 1 nitrogen and oxygen atoms in total. The molecule has 1 fully saturated rings. The summed E-state index contributed by atoms with van der Waals surface area (Å²) in [6.45, 7) is 10.6. The van der Waals surface area contributed by atoms with E-state index in [2.05, 4.69) is 44.5 Å². The first-order valence-electron chi connectivity index (χ1n) is 7.33. The van der Waals surface area contributed by atoms with Gasteiger partial charge in [-0.2, -0.15) is 0 Å². The zero-order chi connectivity index (χ0) is 13.2. The first-order valence-corrected chi connectivity index (χ1v) is 8.21. The molecular weight excluding hydrogens is 238 g/mol. The summed E-state index contributed by atoms with van der Waals surface area (Å²) in [7, 11) is 0. The van der Waals surface area contributed by atoms with Crippen LogP contribution in [0.2, 0.25) is 0 Å². The number of hydrogen-bond acceptors (Lipinski definition) is 2. The second-order valence-corrected chi connectivity index (χ2v) is 7.47. The van der Waals surface area contributed by atoms with Crippen molar-refractivity contribution in [3.05, 3.63) is 21.9 Å². The summed E-state index contributed by atoms with van der Waals surface area (Å²) in [5.41, 5.74) is 2.04. The van der Waals surface area contributed by atoms with Crippen LogP contribution in [-0.2, 0) is 0 Å². The highest BCUT2D eigenvalue weighted by Crippen LogP contribution is 2.49. The molecule has 0 amide bonds. The molecule has 2 rings (SSSR count). The van der Waals surface area contributed by atoms with Gasteiger partial charge in [-0.05, 0) is 61.1 Å². The molecule has 2 heteroatoms. The van der Waals surface area contributed by atoms with Crippen LogP contribution in [0.3, 0.4) is 0 Å². The number of nitrogens with one attached hydrogen (secondary N) is 1. The van der Waals surface area contributed by atoms with Crippen molar-refractivity contribution in [3.63, 3.8) is 0 Å². The third-order valence-corrected chi connectivity index (χ3v) is 5.45. The van der Waals surface area contributed by atoms with Gasteiger partial charge in [0.1, 0.15) is 0 Å². The Morgan fingerprint density at radius 3 is 2.78 bits per heavy atom. The maximum atomic E-state index is 3.82. The Morgan fingerprint density at radius 2 is 2.28 bits per heavy atom. The number of aryl methyl sites for hydroxylation is 1. The van der Waals surface area contributed by atoms with Gasteiger partial charge in [0, 0.05) is 10.9 Å². The Labute approximate surface area is 116 Å². The second kappa shape index (κ2) is 5.75. The van der Waals surface area contributed by atoms with Crippen LogP contribution in [0.5, 0.6) is 0 Å². The van der Waals surface area contributed by atoms with Gasteiger partial charge in [-0.1, -0.05) is 27.2 Å². The van der Waals surface area contributed by atoms with Crippen LogP contribution >= 0.6 is 11.3 Å². The Balaban J connectivity index is 2.23. The molecule has 0 spiro atoms. The number of hydrogen-bond donors (Lipinski definition) is 1. The fraction of sp³-hybridized carbons (Fsp3) is 0.750. The average molecular weight is 265 g/mol. The van der Waals surface area contributed by atoms with Gasteiger partial charge >= 0.3 is 0 Å². The summed E-state index contributed by atoms with van der Waals surface area (Å²) in [5.74, 6) is 0.789. The summed E-state index contributed by atoms with van der Waals surface area (Å²) in [6.07, 6.45) is 5.37. The predicted molar refractivity (Wildman–Crippen MR) is 81.2 cm³/mol. The van der Waals surface area contributed by atoms with Crippen molar-refractivity contribution in [2.24, 2.45) is 11.3 Å². The van der Waals surface area contributed by atoms with Gasteiger partial charge < -0.3 is 5.32 Å². The van der Waals surface area contributed by atoms with Crippen molar-refractivity contribution in [1.82, 2.24) is 5.32 Å². The van der Waals surface area contributed by atoms with Gasteiger partial charge in [0.25, 0.3) is 0 Å². The molecule has 1 heterocycles. The second-order valence-electron chi connectivity index (χ2n) is 6.35. The molecule has 1 saturated carbocycles. The smallest absolute Gasteiger partial charge is 0.0364 e. The molecule has 1 N–H and O–H groups in total. The zero-order valence-corrected chi connectivity index (χ0v) is 13.1. The fourth-order valence-corrected chi connectivity index (χ4v) is 4.21. The van der Waals surface area contributed by atoms with Gasteiger partial charge in [-0.3, -0.25) is 0 Å². The third kappa shape index (κ3) is 2.80. The van der Waals surface area contributed by atoms with Crippen molar-refractivity contribution in [2.75, 3.05) is 6.54 Å². The van der Waals surface area contributed by atoms with Crippen molar-refractivity contribution in [3.8, 4) is 0 Å². The minimum Gasteiger partial charge on any atom is -0.310 e. The normalized spacial score (nSPS) is 24.3.